The number of nitrogens with zero attached hydrogens (tertiary/aromatic N) is 2. The topological polar surface area (TPSA) is 73.1 Å². The van der Waals surface area contributed by atoms with Crippen LogP contribution in [0.5, 0.6) is 0 Å². The highest BCUT2D eigenvalue weighted by Gasteiger charge is 2.40. The monoisotopic (exact) mass is 184 g/mol. The Kier molecular flexibility index (Phi) is 1.86. The zero-order valence-corrected chi connectivity index (χ0v) is 7.18. The van der Waals surface area contributed by atoms with E-state index in [1.54, 1.807) is 0 Å². The molecule has 0 spiro atoms. The molecule has 2 heterocycles. The number of carboxylic acid groups (broad SMARTS) is 1. The maximum absolute atomic E-state index is 10.8. The maximum atomic E-state index is 10.8. The fourth-order valence-corrected chi connectivity index (χ4v) is 2.31. The Bertz CT molecular complexity index is 264. The molecule has 2 saturated heterocycles. The number of piperidine rings is 2. The lowest BCUT2D eigenvalue weighted by Gasteiger charge is -2.43. The SMILES string of the molecule is O=C(O)N1CC2CCC1C(=NO)C2. The lowest BCUT2D eigenvalue weighted by atomic mass is 9.79. The number of carbonyl (C=O) groups is 1. The third-order valence-corrected chi connectivity index (χ3v) is 2.94. The van der Waals surface area contributed by atoms with Crippen molar-refractivity contribution >= 4 is 11.8 Å². The Hall–Kier alpha value is -1.26. The highest BCUT2D eigenvalue weighted by atomic mass is 16.4. The van der Waals surface area contributed by atoms with Gasteiger partial charge in [0.05, 0.1) is 11.8 Å². The normalized spacial score (nSPS) is 35.4. The molecule has 0 aromatic carbocycles. The second kappa shape index (κ2) is 2.90. The molecule has 3 aliphatic rings. The van der Waals surface area contributed by atoms with Gasteiger partial charge in [-0.2, -0.15) is 0 Å². The summed E-state index contributed by atoms with van der Waals surface area (Å²) in [7, 11) is 0. The first-order valence-electron chi connectivity index (χ1n) is 4.42. The molecule has 72 valence electrons. The van der Waals surface area contributed by atoms with Gasteiger partial charge >= 0.3 is 6.09 Å². The fourth-order valence-electron chi connectivity index (χ4n) is 2.31. The van der Waals surface area contributed by atoms with Gasteiger partial charge in [0, 0.05) is 6.54 Å². The molecule has 2 aliphatic heterocycles. The van der Waals surface area contributed by atoms with Crippen molar-refractivity contribution in [2.45, 2.75) is 25.3 Å². The van der Waals surface area contributed by atoms with Crippen molar-refractivity contribution in [3.63, 3.8) is 0 Å². The second-order valence-corrected chi connectivity index (χ2v) is 3.69. The highest BCUT2D eigenvalue weighted by molar-refractivity contribution is 5.93. The minimum atomic E-state index is -0.907. The lowest BCUT2D eigenvalue weighted by Crippen LogP contribution is -2.55. The summed E-state index contributed by atoms with van der Waals surface area (Å²) >= 11 is 0. The third kappa shape index (κ3) is 1.24. The van der Waals surface area contributed by atoms with Gasteiger partial charge in [-0.3, -0.25) is 4.90 Å². The van der Waals surface area contributed by atoms with E-state index in [2.05, 4.69) is 5.16 Å². The Balaban J connectivity index is 2.22. The molecular formula is C8H12N2O3. The number of fused-ring (bicyclic) bond motifs is 3. The van der Waals surface area contributed by atoms with E-state index < -0.39 is 6.09 Å². The first-order chi connectivity index (χ1) is 6.22. The minimum absolute atomic E-state index is 0.174. The van der Waals surface area contributed by atoms with Gasteiger partial charge in [-0.05, 0) is 25.2 Å². The molecule has 2 bridgehead atoms. The molecule has 1 saturated carbocycles. The molecule has 5 heteroatoms. The van der Waals surface area contributed by atoms with Crippen molar-refractivity contribution in [2.75, 3.05) is 6.54 Å². The molecule has 5 nitrogen and oxygen atoms in total. The molecule has 1 aliphatic carbocycles. The second-order valence-electron chi connectivity index (χ2n) is 3.69. The fraction of sp³-hybridized carbons (Fsp3) is 0.750. The summed E-state index contributed by atoms with van der Waals surface area (Å²) in [6.07, 6.45) is 1.70. The molecule has 3 fully saturated rings. The van der Waals surface area contributed by atoms with Crippen LogP contribution in [0.1, 0.15) is 19.3 Å². The van der Waals surface area contributed by atoms with Crippen LogP contribution in [0.25, 0.3) is 0 Å². The molecule has 13 heavy (non-hydrogen) atoms. The average molecular weight is 184 g/mol. The summed E-state index contributed by atoms with van der Waals surface area (Å²) in [6, 6.07) is -0.174. The Morgan fingerprint density at radius 2 is 2.31 bits per heavy atom. The number of rotatable bonds is 0. The highest BCUT2D eigenvalue weighted by Crippen LogP contribution is 2.33. The Morgan fingerprint density at radius 3 is 2.85 bits per heavy atom. The predicted molar refractivity (Wildman–Crippen MR) is 45.1 cm³/mol. The van der Waals surface area contributed by atoms with Crippen LogP contribution >= 0.6 is 0 Å². The maximum Gasteiger partial charge on any atom is 0.407 e. The zero-order valence-electron chi connectivity index (χ0n) is 7.18. The summed E-state index contributed by atoms with van der Waals surface area (Å²) in [4.78, 5) is 12.2. The molecule has 3 rings (SSSR count). The van der Waals surface area contributed by atoms with E-state index in [0.717, 1.165) is 19.3 Å². The van der Waals surface area contributed by atoms with Crippen LogP contribution in [0, 0.1) is 5.92 Å². The standard InChI is InChI=1S/C8H12N2O3/c11-8(12)10-4-5-1-2-7(10)6(3-5)9-13/h5,7,13H,1-4H2,(H,11,12). The van der Waals surface area contributed by atoms with Crippen LogP contribution in [0.4, 0.5) is 4.79 Å². The zero-order chi connectivity index (χ0) is 9.42. The van der Waals surface area contributed by atoms with E-state index in [1.807, 2.05) is 0 Å². The van der Waals surface area contributed by atoms with E-state index >= 15 is 0 Å². The average Bonchev–Trinajstić information content (AvgIpc) is 2.18. The van der Waals surface area contributed by atoms with Gasteiger partial charge in [0.2, 0.25) is 0 Å². The molecular weight excluding hydrogens is 172 g/mol. The van der Waals surface area contributed by atoms with Crippen LogP contribution in [-0.4, -0.2) is 39.6 Å². The van der Waals surface area contributed by atoms with Gasteiger partial charge < -0.3 is 10.3 Å². The van der Waals surface area contributed by atoms with Gasteiger partial charge in [-0.25, -0.2) is 4.79 Å². The minimum Gasteiger partial charge on any atom is -0.465 e. The number of hydrogen-bond acceptors (Lipinski definition) is 3. The van der Waals surface area contributed by atoms with E-state index in [1.165, 1.54) is 4.90 Å². The van der Waals surface area contributed by atoms with E-state index in [-0.39, 0.29) is 6.04 Å². The first kappa shape index (κ1) is 8.34. The first-order valence-corrected chi connectivity index (χ1v) is 4.42. The van der Waals surface area contributed by atoms with Crippen molar-refractivity contribution in [1.82, 2.24) is 4.90 Å². The summed E-state index contributed by atoms with van der Waals surface area (Å²) in [5.74, 6) is 0.354. The predicted octanol–water partition coefficient (Wildman–Crippen LogP) is 0.979. The Labute approximate surface area is 75.6 Å². The van der Waals surface area contributed by atoms with Crippen LogP contribution in [0.15, 0.2) is 5.16 Å². The number of amides is 1. The van der Waals surface area contributed by atoms with Crippen molar-refractivity contribution in [3.05, 3.63) is 0 Å². The van der Waals surface area contributed by atoms with Crippen molar-refractivity contribution < 1.29 is 15.1 Å². The van der Waals surface area contributed by atoms with E-state index in [4.69, 9.17) is 10.3 Å². The summed E-state index contributed by atoms with van der Waals surface area (Å²) in [5, 5.41) is 20.7. The molecule has 0 aromatic rings. The van der Waals surface area contributed by atoms with Crippen LogP contribution < -0.4 is 0 Å². The molecule has 2 N–H and O–H groups in total. The quantitative estimate of drug-likeness (QED) is 0.435. The summed E-state index contributed by atoms with van der Waals surface area (Å²) in [6.45, 7) is 0.596. The van der Waals surface area contributed by atoms with Crippen LogP contribution in [0.3, 0.4) is 0 Å². The van der Waals surface area contributed by atoms with Crippen LogP contribution in [-0.2, 0) is 0 Å². The van der Waals surface area contributed by atoms with Crippen molar-refractivity contribution in [1.29, 1.82) is 0 Å². The van der Waals surface area contributed by atoms with Gasteiger partial charge in [0.15, 0.2) is 0 Å². The van der Waals surface area contributed by atoms with E-state index in [9.17, 15) is 4.79 Å². The summed E-state index contributed by atoms with van der Waals surface area (Å²) in [5.41, 5.74) is 0.630. The smallest absolute Gasteiger partial charge is 0.407 e. The van der Waals surface area contributed by atoms with Gasteiger partial charge in [0.25, 0.3) is 0 Å². The Morgan fingerprint density at radius 1 is 1.54 bits per heavy atom. The number of hydrogen-bond donors (Lipinski definition) is 2. The van der Waals surface area contributed by atoms with Crippen molar-refractivity contribution in [3.8, 4) is 0 Å². The van der Waals surface area contributed by atoms with Crippen LogP contribution in [0.2, 0.25) is 0 Å². The van der Waals surface area contributed by atoms with E-state index in [0.29, 0.717) is 18.2 Å². The van der Waals surface area contributed by atoms with Gasteiger partial charge in [-0.15, -0.1) is 0 Å². The molecule has 2 unspecified atom stereocenters. The van der Waals surface area contributed by atoms with Gasteiger partial charge in [-0.1, -0.05) is 5.16 Å². The van der Waals surface area contributed by atoms with Gasteiger partial charge in [0.1, 0.15) is 0 Å². The lowest BCUT2D eigenvalue weighted by molar-refractivity contribution is 0.0930. The molecule has 0 radical (unpaired) electrons. The molecule has 2 atom stereocenters. The molecule has 1 amide bonds. The van der Waals surface area contributed by atoms with Crippen molar-refractivity contribution in [2.24, 2.45) is 11.1 Å². The number of oxime groups is 1. The largest absolute Gasteiger partial charge is 0.465 e. The summed E-state index contributed by atoms with van der Waals surface area (Å²) < 4.78 is 0. The third-order valence-electron chi connectivity index (χ3n) is 2.94. The molecule has 0 aromatic heterocycles.